The predicted molar refractivity (Wildman–Crippen MR) is 11.6 cm³/mol. The minimum atomic E-state index is -4.89. The zero-order valence-corrected chi connectivity index (χ0v) is 6.33. The van der Waals surface area contributed by atoms with E-state index >= 15 is 0 Å². The van der Waals surface area contributed by atoms with E-state index in [9.17, 15) is 0 Å². The first-order valence-electron chi connectivity index (χ1n) is 0.801. The molecule has 0 saturated heterocycles. The molecule has 0 radical (unpaired) electrons. The molecule has 0 aromatic heterocycles. The first kappa shape index (κ1) is 10.2. The van der Waals surface area contributed by atoms with Crippen molar-refractivity contribution >= 4 is 19.2 Å². The largest absolute Gasteiger partial charge is 3.00 e. The molecule has 0 N–H and O–H groups in total. The van der Waals surface area contributed by atoms with Gasteiger partial charge in [0.1, 0.15) is 0 Å². The van der Waals surface area contributed by atoms with E-state index in [1.54, 1.807) is 0 Å². The molecule has 0 spiro atoms. The molecule has 0 aliphatic heterocycles. The predicted octanol–water partition coefficient (Wildman–Crippen LogP) is -3.26. The number of rotatable bonds is 0. The van der Waals surface area contributed by atoms with E-state index in [-0.39, 0.29) is 22.4 Å². The summed E-state index contributed by atoms with van der Waals surface area (Å²) in [6, 6.07) is 0. The van der Waals surface area contributed by atoms with Gasteiger partial charge >= 0.3 is 22.4 Å². The van der Waals surface area contributed by atoms with Gasteiger partial charge in [-0.15, -0.1) is 0 Å². The molecular formula is AuClO3Si. The number of halogens is 1. The summed E-state index contributed by atoms with van der Waals surface area (Å²) in [6.45, 7) is 0. The van der Waals surface area contributed by atoms with Gasteiger partial charge in [0, 0.05) is 0 Å². The molecule has 0 unspecified atom stereocenters. The van der Waals surface area contributed by atoms with E-state index in [1.165, 1.54) is 0 Å². The molecule has 0 bridgehead atoms. The van der Waals surface area contributed by atoms with Crippen LogP contribution in [0.2, 0.25) is 0 Å². The Morgan fingerprint density at radius 3 is 1.17 bits per heavy atom. The van der Waals surface area contributed by atoms with E-state index in [2.05, 4.69) is 11.1 Å². The van der Waals surface area contributed by atoms with Crippen LogP contribution in [0.1, 0.15) is 0 Å². The van der Waals surface area contributed by atoms with Gasteiger partial charge in [-0.05, 0) is 0 Å². The third kappa shape index (κ3) is 68.7. The summed E-state index contributed by atoms with van der Waals surface area (Å²) in [6.07, 6.45) is 0. The van der Waals surface area contributed by atoms with Crippen molar-refractivity contribution in [2.75, 3.05) is 0 Å². The maximum Gasteiger partial charge on any atom is 3.00 e. The van der Waals surface area contributed by atoms with Crippen molar-refractivity contribution in [2.45, 2.75) is 0 Å². The Morgan fingerprint density at radius 1 is 1.17 bits per heavy atom. The smallest absolute Gasteiger partial charge is 0.870 e. The molecule has 0 amide bonds. The molecule has 0 heterocycles. The van der Waals surface area contributed by atoms with Gasteiger partial charge in [0.15, 0.2) is 0 Å². The zero-order valence-electron chi connectivity index (χ0n) is 2.40. The fraction of sp³-hybridized carbons (Fsp3) is 0. The van der Waals surface area contributed by atoms with Gasteiger partial charge in [-0.25, -0.2) is 11.1 Å². The molecule has 3 nitrogen and oxygen atoms in total. The van der Waals surface area contributed by atoms with E-state index < -0.39 is 8.11 Å². The summed E-state index contributed by atoms with van der Waals surface area (Å²) in [4.78, 5) is 26.7. The molecule has 0 aliphatic carbocycles. The van der Waals surface area contributed by atoms with Gasteiger partial charge in [0.05, 0.1) is 0 Å². The summed E-state index contributed by atoms with van der Waals surface area (Å²) in [5.74, 6) is 0. The molecule has 0 aliphatic rings. The number of hydrogen-bond donors (Lipinski definition) is 0. The third-order valence-electron chi connectivity index (χ3n) is 0. The molecule has 0 saturated carbocycles. The van der Waals surface area contributed by atoms with Crippen molar-refractivity contribution in [1.29, 1.82) is 0 Å². The first-order valence-corrected chi connectivity index (χ1v) is 3.54. The minimum Gasteiger partial charge on any atom is -0.870 e. The molecule has 6 heavy (non-hydrogen) atoms. The Kier molecular flexibility index (Phi) is 5.38. The Morgan fingerprint density at radius 2 is 1.17 bits per heavy atom. The average Bonchev–Trinajstić information content (AvgIpc) is 0.722. The Labute approximate surface area is 56.2 Å². The number of hydrogen-bond acceptors (Lipinski definition) is 3. The molecule has 0 atom stereocenters. The van der Waals surface area contributed by atoms with Crippen LogP contribution < -0.4 is 14.4 Å². The summed E-state index contributed by atoms with van der Waals surface area (Å²) in [5.41, 5.74) is 0. The average molecular weight is 309 g/mol. The van der Waals surface area contributed by atoms with Crippen molar-refractivity contribution < 1.29 is 36.8 Å². The van der Waals surface area contributed by atoms with Crippen LogP contribution in [0.5, 0.6) is 0 Å². The Hall–Kier alpha value is 1.13. The fourth-order valence-corrected chi connectivity index (χ4v) is 0. The van der Waals surface area contributed by atoms with Crippen molar-refractivity contribution in [2.24, 2.45) is 0 Å². The van der Waals surface area contributed by atoms with E-state index in [0.717, 1.165) is 0 Å². The quantitative estimate of drug-likeness (QED) is 0.348. The van der Waals surface area contributed by atoms with Crippen molar-refractivity contribution in [1.82, 2.24) is 0 Å². The van der Waals surface area contributed by atoms with Gasteiger partial charge in [0.25, 0.3) is 0 Å². The maximum atomic E-state index is 8.90. The monoisotopic (exact) mass is 308 g/mol. The molecular weight excluding hydrogens is 309 g/mol. The van der Waals surface area contributed by atoms with Crippen LogP contribution in [0.15, 0.2) is 0 Å². The summed E-state index contributed by atoms with van der Waals surface area (Å²) >= 11 is 4.00. The fourth-order valence-electron chi connectivity index (χ4n) is 0. The van der Waals surface area contributed by atoms with Gasteiger partial charge in [0.2, 0.25) is 0 Å². The zero-order chi connectivity index (χ0) is 4.50. The van der Waals surface area contributed by atoms with Crippen LogP contribution in [0.25, 0.3) is 0 Å². The normalized spacial score (nSPS) is 10.0. The van der Waals surface area contributed by atoms with Crippen LogP contribution in [0.4, 0.5) is 0 Å². The Balaban J connectivity index is 0. The topological polar surface area (TPSA) is 69.2 Å². The van der Waals surface area contributed by atoms with Gasteiger partial charge in [-0.3, -0.25) is 0 Å². The minimum absolute atomic E-state index is 0. The molecule has 6 heteroatoms. The van der Waals surface area contributed by atoms with Crippen LogP contribution in [0, 0.1) is 0 Å². The van der Waals surface area contributed by atoms with Crippen LogP contribution in [0.3, 0.4) is 0 Å². The van der Waals surface area contributed by atoms with Crippen molar-refractivity contribution in [3.05, 3.63) is 0 Å². The third-order valence-corrected chi connectivity index (χ3v) is 0. The standard InChI is InChI=1S/Au.ClO3Si/c;1-5(2,3)4/q+3;-3. The second-order valence-corrected chi connectivity index (χ2v) is 2.83. The van der Waals surface area contributed by atoms with Crippen LogP contribution in [-0.2, 0) is 22.4 Å². The molecule has 40 valence electrons. The maximum absolute atomic E-state index is 8.90. The Bertz CT molecular complexity index is 26.3. The van der Waals surface area contributed by atoms with Crippen molar-refractivity contribution in [3.63, 3.8) is 0 Å². The van der Waals surface area contributed by atoms with E-state index in [0.29, 0.717) is 0 Å². The molecule has 0 rings (SSSR count). The molecule has 0 aromatic carbocycles. The van der Waals surface area contributed by atoms with Gasteiger partial charge < -0.3 is 14.4 Å². The van der Waals surface area contributed by atoms with Crippen molar-refractivity contribution in [3.8, 4) is 0 Å². The van der Waals surface area contributed by atoms with E-state index in [1.807, 2.05) is 0 Å². The van der Waals surface area contributed by atoms with Crippen LogP contribution in [-0.4, -0.2) is 8.11 Å². The van der Waals surface area contributed by atoms with Crippen LogP contribution >= 0.6 is 11.1 Å². The SMILES string of the molecule is [Au+3].[O-][Si]([O-])([O-])Cl. The summed E-state index contributed by atoms with van der Waals surface area (Å²) < 4.78 is 0. The molecule has 0 aromatic rings. The van der Waals surface area contributed by atoms with Gasteiger partial charge in [-0.1, -0.05) is 0 Å². The first-order chi connectivity index (χ1) is 2.00. The second-order valence-electron chi connectivity index (χ2n) is 0.481. The van der Waals surface area contributed by atoms with Gasteiger partial charge in [-0.2, -0.15) is 8.11 Å². The second kappa shape index (κ2) is 3.17. The molecule has 0 fully saturated rings. The summed E-state index contributed by atoms with van der Waals surface area (Å²) in [5, 5.41) is 0. The van der Waals surface area contributed by atoms with E-state index in [4.69, 9.17) is 14.4 Å². The summed E-state index contributed by atoms with van der Waals surface area (Å²) in [7, 11) is -4.89.